The van der Waals surface area contributed by atoms with E-state index in [4.69, 9.17) is 9.47 Å². The van der Waals surface area contributed by atoms with Crippen LogP contribution in [0.3, 0.4) is 0 Å². The lowest BCUT2D eigenvalue weighted by Crippen LogP contribution is -2.38. The van der Waals surface area contributed by atoms with Gasteiger partial charge in [0.25, 0.3) is 6.43 Å². The van der Waals surface area contributed by atoms with Gasteiger partial charge in [-0.15, -0.1) is 0 Å². The number of hydrogen-bond acceptors (Lipinski definition) is 7. The quantitative estimate of drug-likeness (QED) is 0.536. The van der Waals surface area contributed by atoms with Crippen molar-refractivity contribution in [2.45, 2.75) is 26.3 Å². The first-order valence-electron chi connectivity index (χ1n) is 10.8. The van der Waals surface area contributed by atoms with Crippen molar-refractivity contribution in [3.05, 3.63) is 53.2 Å². The Hall–Kier alpha value is -2.98. The molecular weight excluding hydrogens is 435 g/mol. The summed E-state index contributed by atoms with van der Waals surface area (Å²) in [4.78, 5) is 15.4. The molecule has 33 heavy (non-hydrogen) atoms. The molecule has 4 rings (SSSR count). The van der Waals surface area contributed by atoms with Crippen LogP contribution in [0.4, 0.5) is 19.0 Å². The fraction of sp³-hybridized carbons (Fsp3) is 0.435. The van der Waals surface area contributed by atoms with Gasteiger partial charge in [0, 0.05) is 25.2 Å². The molecule has 1 aliphatic heterocycles. The van der Waals surface area contributed by atoms with Crippen LogP contribution in [0.5, 0.6) is 5.75 Å². The minimum absolute atomic E-state index is 0.128. The number of ether oxygens (including phenoxy) is 2. The van der Waals surface area contributed by atoms with Crippen LogP contribution in [-0.4, -0.2) is 59.3 Å². The van der Waals surface area contributed by atoms with E-state index in [0.29, 0.717) is 35.0 Å². The summed E-state index contributed by atoms with van der Waals surface area (Å²) in [6.45, 7) is 7.88. The summed E-state index contributed by atoms with van der Waals surface area (Å²) >= 11 is 0. The molecule has 0 saturated carbocycles. The third-order valence-electron chi connectivity index (χ3n) is 5.53. The number of nitrogens with one attached hydrogen (secondary N) is 1. The molecule has 0 amide bonds. The van der Waals surface area contributed by atoms with Crippen LogP contribution >= 0.6 is 0 Å². The first-order valence-corrected chi connectivity index (χ1v) is 10.8. The standard InChI is InChI=1S/C23H26F3N5O2/c1-14(17-4-3-5-18(20(17)24)21(25)26)28-23-19-12-16(13-27-22(19)29-15(2)30-23)33-11-8-31-6-9-32-10-7-31/h3-5,12-14,21H,6-11H2,1-2H3,(H,27,28,29,30). The molecule has 1 aliphatic rings. The van der Waals surface area contributed by atoms with Gasteiger partial charge in [0.15, 0.2) is 5.65 Å². The van der Waals surface area contributed by atoms with E-state index in [-0.39, 0.29) is 5.56 Å². The van der Waals surface area contributed by atoms with Crippen LogP contribution < -0.4 is 10.1 Å². The molecule has 1 unspecified atom stereocenters. The average molecular weight is 461 g/mol. The van der Waals surface area contributed by atoms with Crippen LogP contribution in [0.15, 0.2) is 30.5 Å². The fourth-order valence-corrected chi connectivity index (χ4v) is 3.76. The van der Waals surface area contributed by atoms with E-state index >= 15 is 0 Å². The summed E-state index contributed by atoms with van der Waals surface area (Å²) in [6, 6.07) is 5.15. The minimum atomic E-state index is -2.89. The predicted octanol–water partition coefficient (Wildman–Crippen LogP) is 4.29. The van der Waals surface area contributed by atoms with Crippen LogP contribution in [-0.2, 0) is 4.74 Å². The van der Waals surface area contributed by atoms with Gasteiger partial charge in [-0.1, -0.05) is 18.2 Å². The Morgan fingerprint density at radius 1 is 1.18 bits per heavy atom. The first-order chi connectivity index (χ1) is 15.9. The van der Waals surface area contributed by atoms with E-state index in [9.17, 15) is 13.2 Å². The summed E-state index contributed by atoms with van der Waals surface area (Å²) in [5.41, 5.74) is -0.0369. The van der Waals surface area contributed by atoms with Gasteiger partial charge in [0.1, 0.15) is 29.8 Å². The van der Waals surface area contributed by atoms with Crippen LogP contribution in [0.1, 0.15) is 36.3 Å². The smallest absolute Gasteiger partial charge is 0.266 e. The molecule has 1 atom stereocenters. The van der Waals surface area contributed by atoms with Gasteiger partial charge in [-0.3, -0.25) is 4.90 Å². The van der Waals surface area contributed by atoms with Gasteiger partial charge in [-0.05, 0) is 19.9 Å². The second-order valence-electron chi connectivity index (χ2n) is 7.88. The van der Waals surface area contributed by atoms with Crippen molar-refractivity contribution in [2.24, 2.45) is 0 Å². The highest BCUT2D eigenvalue weighted by Gasteiger charge is 2.20. The highest BCUT2D eigenvalue weighted by atomic mass is 19.3. The summed E-state index contributed by atoms with van der Waals surface area (Å²) in [6.07, 6.45) is -1.28. The number of hydrogen-bond donors (Lipinski definition) is 1. The Kier molecular flexibility index (Phi) is 7.24. The predicted molar refractivity (Wildman–Crippen MR) is 118 cm³/mol. The van der Waals surface area contributed by atoms with Gasteiger partial charge in [0.2, 0.25) is 0 Å². The Balaban J connectivity index is 1.54. The normalized spacial score (nSPS) is 15.7. The molecule has 10 heteroatoms. The molecule has 0 aliphatic carbocycles. The molecular formula is C23H26F3N5O2. The molecule has 176 valence electrons. The molecule has 3 heterocycles. The van der Waals surface area contributed by atoms with Crippen molar-refractivity contribution in [2.75, 3.05) is 44.8 Å². The Labute approximate surface area is 190 Å². The van der Waals surface area contributed by atoms with E-state index in [1.165, 1.54) is 12.1 Å². The second kappa shape index (κ2) is 10.3. The lowest BCUT2D eigenvalue weighted by Gasteiger charge is -2.26. The first kappa shape index (κ1) is 23.2. The molecule has 3 aromatic rings. The zero-order chi connectivity index (χ0) is 23.4. The zero-order valence-corrected chi connectivity index (χ0v) is 18.5. The minimum Gasteiger partial charge on any atom is -0.491 e. The van der Waals surface area contributed by atoms with Gasteiger partial charge in [-0.25, -0.2) is 28.1 Å². The number of anilines is 1. The van der Waals surface area contributed by atoms with E-state index in [2.05, 4.69) is 25.2 Å². The molecule has 7 nitrogen and oxygen atoms in total. The lowest BCUT2D eigenvalue weighted by molar-refractivity contribution is 0.0322. The summed E-state index contributed by atoms with van der Waals surface area (Å²) in [5.74, 6) is 0.545. The van der Waals surface area contributed by atoms with E-state index in [1.54, 1.807) is 26.1 Å². The average Bonchev–Trinajstić information content (AvgIpc) is 2.80. The topological polar surface area (TPSA) is 72.4 Å². The van der Waals surface area contributed by atoms with E-state index < -0.39 is 23.8 Å². The van der Waals surface area contributed by atoms with Crippen molar-refractivity contribution >= 4 is 16.9 Å². The number of pyridine rings is 1. The van der Waals surface area contributed by atoms with Crippen molar-refractivity contribution in [1.82, 2.24) is 19.9 Å². The second-order valence-corrected chi connectivity index (χ2v) is 7.88. The largest absolute Gasteiger partial charge is 0.491 e. The zero-order valence-electron chi connectivity index (χ0n) is 18.5. The highest BCUT2D eigenvalue weighted by molar-refractivity contribution is 5.87. The van der Waals surface area contributed by atoms with Gasteiger partial charge < -0.3 is 14.8 Å². The molecule has 2 aromatic heterocycles. The van der Waals surface area contributed by atoms with Crippen LogP contribution in [0, 0.1) is 12.7 Å². The number of fused-ring (bicyclic) bond motifs is 1. The number of halogens is 3. The lowest BCUT2D eigenvalue weighted by atomic mass is 10.0. The van der Waals surface area contributed by atoms with Crippen LogP contribution in [0.2, 0.25) is 0 Å². The third-order valence-corrected chi connectivity index (χ3v) is 5.53. The fourth-order valence-electron chi connectivity index (χ4n) is 3.76. The highest BCUT2D eigenvalue weighted by Crippen LogP contribution is 2.30. The monoisotopic (exact) mass is 461 g/mol. The number of morpholine rings is 1. The SMILES string of the molecule is Cc1nc(NC(C)c2cccc(C(F)F)c2F)c2cc(OCCN3CCOCC3)cnc2n1. The van der Waals surface area contributed by atoms with E-state index in [1.807, 2.05) is 0 Å². The molecule has 0 radical (unpaired) electrons. The number of nitrogens with zero attached hydrogens (tertiary/aromatic N) is 4. The number of aryl methyl sites for hydroxylation is 1. The third kappa shape index (κ3) is 5.51. The summed E-state index contributed by atoms with van der Waals surface area (Å²) < 4.78 is 52.1. The van der Waals surface area contributed by atoms with Crippen LogP contribution in [0.25, 0.3) is 11.0 Å². The molecule has 1 N–H and O–H groups in total. The number of rotatable bonds is 8. The van der Waals surface area contributed by atoms with Crippen molar-refractivity contribution in [3.63, 3.8) is 0 Å². The Morgan fingerprint density at radius 2 is 1.94 bits per heavy atom. The van der Waals surface area contributed by atoms with Crippen molar-refractivity contribution in [1.29, 1.82) is 0 Å². The maximum absolute atomic E-state index is 14.6. The summed E-state index contributed by atoms with van der Waals surface area (Å²) in [7, 11) is 0. The van der Waals surface area contributed by atoms with E-state index in [0.717, 1.165) is 38.9 Å². The molecule has 0 spiro atoms. The van der Waals surface area contributed by atoms with Gasteiger partial charge >= 0.3 is 0 Å². The number of aromatic nitrogens is 3. The molecule has 1 aromatic carbocycles. The number of alkyl halides is 2. The van der Waals surface area contributed by atoms with Gasteiger partial charge in [-0.2, -0.15) is 0 Å². The van der Waals surface area contributed by atoms with Crippen molar-refractivity contribution in [3.8, 4) is 5.75 Å². The maximum atomic E-state index is 14.6. The molecule has 0 bridgehead atoms. The maximum Gasteiger partial charge on any atom is 0.266 e. The van der Waals surface area contributed by atoms with Gasteiger partial charge in [0.05, 0.1) is 36.4 Å². The Morgan fingerprint density at radius 3 is 2.70 bits per heavy atom. The number of benzene rings is 1. The van der Waals surface area contributed by atoms with Crippen molar-refractivity contribution < 1.29 is 22.6 Å². The summed E-state index contributed by atoms with van der Waals surface area (Å²) in [5, 5.41) is 3.73. The molecule has 1 saturated heterocycles. The Bertz CT molecular complexity index is 1110. The molecule has 1 fully saturated rings.